The molecule has 0 N–H and O–H groups in total. The summed E-state index contributed by atoms with van der Waals surface area (Å²) in [7, 11) is 1.58. The Morgan fingerprint density at radius 1 is 1.10 bits per heavy atom. The van der Waals surface area contributed by atoms with Crippen LogP contribution in [0.15, 0.2) is 34.8 Å². The summed E-state index contributed by atoms with van der Waals surface area (Å²) in [4.78, 5) is -0.288. The summed E-state index contributed by atoms with van der Waals surface area (Å²) in [6.45, 7) is 1.96. The van der Waals surface area contributed by atoms with E-state index in [-0.39, 0.29) is 4.83 Å². The van der Waals surface area contributed by atoms with Crippen LogP contribution in [-0.2, 0) is 0 Å². The fourth-order valence-corrected chi connectivity index (χ4v) is 2.90. The highest BCUT2D eigenvalue weighted by Gasteiger charge is 2.18. The zero-order valence-electron chi connectivity index (χ0n) is 10.9. The molecule has 0 amide bonds. The lowest BCUT2D eigenvalue weighted by Gasteiger charge is -2.16. The first-order chi connectivity index (χ1) is 9.43. The van der Waals surface area contributed by atoms with E-state index in [0.29, 0.717) is 11.3 Å². The molecule has 0 bridgehead atoms. The average molecular weight is 406 g/mol. The molecular weight excluding hydrogens is 394 g/mol. The van der Waals surface area contributed by atoms with E-state index in [9.17, 15) is 8.78 Å². The molecule has 0 aliphatic heterocycles. The van der Waals surface area contributed by atoms with Gasteiger partial charge in [0, 0.05) is 10.0 Å². The van der Waals surface area contributed by atoms with Crippen LogP contribution in [0, 0.1) is 18.6 Å². The van der Waals surface area contributed by atoms with Crippen molar-refractivity contribution in [3.8, 4) is 5.75 Å². The van der Waals surface area contributed by atoms with Crippen LogP contribution < -0.4 is 4.74 Å². The molecule has 0 aliphatic rings. The van der Waals surface area contributed by atoms with Crippen LogP contribution in [0.3, 0.4) is 0 Å². The number of rotatable bonds is 3. The maximum Gasteiger partial charge on any atom is 0.159 e. The summed E-state index contributed by atoms with van der Waals surface area (Å²) < 4.78 is 32.6. The number of benzene rings is 2. The summed E-state index contributed by atoms with van der Waals surface area (Å²) in [5.41, 5.74) is 2.50. The number of hydrogen-bond acceptors (Lipinski definition) is 1. The Balaban J connectivity index is 2.49. The number of aryl methyl sites for hydroxylation is 1. The number of ether oxygens (including phenoxy) is 1. The maximum atomic E-state index is 13.3. The van der Waals surface area contributed by atoms with Crippen molar-refractivity contribution in [1.82, 2.24) is 0 Å². The Bertz CT molecular complexity index is 644. The Morgan fingerprint density at radius 3 is 2.40 bits per heavy atom. The predicted octanol–water partition coefficient (Wildman–Crippen LogP) is 5.53. The molecule has 0 aliphatic carbocycles. The first-order valence-electron chi connectivity index (χ1n) is 5.87. The molecule has 5 heteroatoms. The molecular formula is C15H12Br2F2O. The Labute approximate surface area is 133 Å². The normalized spacial score (nSPS) is 12.3. The maximum absolute atomic E-state index is 13.3. The third-order valence-corrected chi connectivity index (χ3v) is 4.90. The number of halogens is 4. The monoisotopic (exact) mass is 404 g/mol. The highest BCUT2D eigenvalue weighted by molar-refractivity contribution is 9.10. The SMILES string of the molecule is COc1cc(C)c(Br)cc1C(Br)c1ccc(F)c(F)c1. The van der Waals surface area contributed by atoms with Gasteiger partial charge in [0.05, 0.1) is 11.9 Å². The minimum absolute atomic E-state index is 0.288. The Kier molecular flexibility index (Phi) is 4.81. The lowest BCUT2D eigenvalue weighted by molar-refractivity contribution is 0.410. The number of methoxy groups -OCH3 is 1. The van der Waals surface area contributed by atoms with Gasteiger partial charge in [0.1, 0.15) is 5.75 Å². The highest BCUT2D eigenvalue weighted by atomic mass is 79.9. The van der Waals surface area contributed by atoms with Crippen LogP contribution in [0.4, 0.5) is 8.78 Å². The van der Waals surface area contributed by atoms with Crippen molar-refractivity contribution >= 4 is 31.9 Å². The summed E-state index contributed by atoms with van der Waals surface area (Å²) in [6, 6.07) is 7.66. The van der Waals surface area contributed by atoms with Gasteiger partial charge in [-0.3, -0.25) is 0 Å². The largest absolute Gasteiger partial charge is 0.496 e. The van der Waals surface area contributed by atoms with E-state index in [1.165, 1.54) is 6.07 Å². The summed E-state index contributed by atoms with van der Waals surface area (Å²) >= 11 is 6.98. The van der Waals surface area contributed by atoms with Gasteiger partial charge >= 0.3 is 0 Å². The molecule has 0 radical (unpaired) electrons. The van der Waals surface area contributed by atoms with Gasteiger partial charge in [-0.15, -0.1) is 0 Å². The third kappa shape index (κ3) is 3.04. The van der Waals surface area contributed by atoms with Crippen LogP contribution in [0.5, 0.6) is 5.75 Å². The molecule has 0 heterocycles. The first-order valence-corrected chi connectivity index (χ1v) is 7.58. The molecule has 2 aromatic carbocycles. The van der Waals surface area contributed by atoms with Gasteiger partial charge in [-0.25, -0.2) is 8.78 Å². The van der Waals surface area contributed by atoms with Crippen LogP contribution in [0.25, 0.3) is 0 Å². The third-order valence-electron chi connectivity index (χ3n) is 3.02. The van der Waals surface area contributed by atoms with Crippen molar-refractivity contribution in [1.29, 1.82) is 0 Å². The topological polar surface area (TPSA) is 9.23 Å². The fourth-order valence-electron chi connectivity index (χ4n) is 1.89. The van der Waals surface area contributed by atoms with Gasteiger partial charge in [0.15, 0.2) is 11.6 Å². The summed E-state index contributed by atoms with van der Waals surface area (Å²) in [5, 5.41) is 0. The van der Waals surface area contributed by atoms with Crippen molar-refractivity contribution in [2.45, 2.75) is 11.8 Å². The quantitative estimate of drug-likeness (QED) is 0.610. The minimum Gasteiger partial charge on any atom is -0.496 e. The van der Waals surface area contributed by atoms with Crippen LogP contribution in [0.1, 0.15) is 21.5 Å². The van der Waals surface area contributed by atoms with E-state index in [1.807, 2.05) is 19.1 Å². The molecule has 2 aromatic rings. The molecule has 1 nitrogen and oxygen atoms in total. The molecule has 1 atom stereocenters. The van der Waals surface area contributed by atoms with Gasteiger partial charge in [-0.05, 0) is 42.3 Å². The Hall–Kier alpha value is -0.940. The molecule has 0 saturated carbocycles. The zero-order chi connectivity index (χ0) is 14.9. The second-order valence-corrected chi connectivity index (χ2v) is 6.15. The first kappa shape index (κ1) is 15.4. The van der Waals surface area contributed by atoms with Gasteiger partial charge < -0.3 is 4.74 Å². The van der Waals surface area contributed by atoms with Crippen LogP contribution in [-0.4, -0.2) is 7.11 Å². The van der Waals surface area contributed by atoms with E-state index in [2.05, 4.69) is 31.9 Å². The van der Waals surface area contributed by atoms with Crippen molar-refractivity contribution in [3.63, 3.8) is 0 Å². The predicted molar refractivity (Wildman–Crippen MR) is 82.6 cm³/mol. The molecule has 106 valence electrons. The summed E-state index contributed by atoms with van der Waals surface area (Å²) in [6.07, 6.45) is 0. The number of hydrogen-bond donors (Lipinski definition) is 0. The summed E-state index contributed by atoms with van der Waals surface area (Å²) in [5.74, 6) is -1.03. The van der Waals surface area contributed by atoms with E-state index in [0.717, 1.165) is 21.7 Å². The average Bonchev–Trinajstić information content (AvgIpc) is 2.43. The second kappa shape index (κ2) is 6.22. The molecule has 0 spiro atoms. The minimum atomic E-state index is -0.864. The second-order valence-electron chi connectivity index (χ2n) is 4.38. The highest BCUT2D eigenvalue weighted by Crippen LogP contribution is 2.39. The fraction of sp³-hybridized carbons (Fsp3) is 0.200. The zero-order valence-corrected chi connectivity index (χ0v) is 14.1. The van der Waals surface area contributed by atoms with E-state index in [4.69, 9.17) is 4.74 Å². The molecule has 1 unspecified atom stereocenters. The van der Waals surface area contributed by atoms with E-state index >= 15 is 0 Å². The molecule has 0 saturated heterocycles. The van der Waals surface area contributed by atoms with Crippen LogP contribution >= 0.6 is 31.9 Å². The number of alkyl halides is 1. The van der Waals surface area contributed by atoms with Crippen molar-refractivity contribution in [2.24, 2.45) is 0 Å². The standard InChI is InChI=1S/C15H12Br2F2O/c1-8-5-14(20-2)10(7-11(8)16)15(17)9-3-4-12(18)13(19)6-9/h3-7,15H,1-2H3. The van der Waals surface area contributed by atoms with Crippen molar-refractivity contribution < 1.29 is 13.5 Å². The van der Waals surface area contributed by atoms with Gasteiger partial charge in [0.2, 0.25) is 0 Å². The molecule has 0 fully saturated rings. The van der Waals surface area contributed by atoms with Crippen molar-refractivity contribution in [2.75, 3.05) is 7.11 Å². The van der Waals surface area contributed by atoms with E-state index in [1.54, 1.807) is 13.2 Å². The molecule has 2 rings (SSSR count). The van der Waals surface area contributed by atoms with Crippen LogP contribution in [0.2, 0.25) is 0 Å². The Morgan fingerprint density at radius 2 is 1.80 bits per heavy atom. The lowest BCUT2D eigenvalue weighted by Crippen LogP contribution is -1.99. The van der Waals surface area contributed by atoms with Gasteiger partial charge in [0.25, 0.3) is 0 Å². The molecule has 20 heavy (non-hydrogen) atoms. The van der Waals surface area contributed by atoms with Gasteiger partial charge in [-0.2, -0.15) is 0 Å². The molecule has 0 aromatic heterocycles. The smallest absolute Gasteiger partial charge is 0.159 e. The van der Waals surface area contributed by atoms with Gasteiger partial charge in [-0.1, -0.05) is 37.9 Å². The van der Waals surface area contributed by atoms with Crippen molar-refractivity contribution in [3.05, 3.63) is 63.1 Å². The lowest BCUT2D eigenvalue weighted by atomic mass is 10.0. The van der Waals surface area contributed by atoms with E-state index < -0.39 is 11.6 Å².